The summed E-state index contributed by atoms with van der Waals surface area (Å²) in [6.07, 6.45) is 0.406. The minimum absolute atomic E-state index is 0.196. The number of esters is 1. The number of nitrogens with zero attached hydrogens (tertiary/aromatic N) is 2. The van der Waals surface area contributed by atoms with Crippen LogP contribution in [-0.2, 0) is 9.53 Å². The van der Waals surface area contributed by atoms with E-state index < -0.39 is 17.0 Å². The Labute approximate surface area is 97.5 Å². The third kappa shape index (κ3) is 3.40. The number of hydrogen-bond donors (Lipinski definition) is 0. The SMILES string of the molecule is CCOC(=O)[C@H](C)Oc1ncccc1[N+](=O)[O-]. The molecule has 1 aromatic heterocycles. The van der Waals surface area contributed by atoms with E-state index in [9.17, 15) is 14.9 Å². The molecule has 0 bridgehead atoms. The van der Waals surface area contributed by atoms with E-state index >= 15 is 0 Å². The molecule has 0 N–H and O–H groups in total. The second-order valence-corrected chi connectivity index (χ2v) is 3.10. The molecule has 0 aliphatic heterocycles. The first-order valence-corrected chi connectivity index (χ1v) is 4.99. The minimum atomic E-state index is -0.941. The van der Waals surface area contributed by atoms with Crippen LogP contribution in [0.2, 0.25) is 0 Å². The van der Waals surface area contributed by atoms with Gasteiger partial charge in [0.2, 0.25) is 0 Å². The van der Waals surface area contributed by atoms with Crippen LogP contribution in [0.3, 0.4) is 0 Å². The van der Waals surface area contributed by atoms with Gasteiger partial charge < -0.3 is 9.47 Å². The summed E-state index contributed by atoms with van der Waals surface area (Å²) >= 11 is 0. The topological polar surface area (TPSA) is 91.6 Å². The van der Waals surface area contributed by atoms with Crippen LogP contribution in [-0.4, -0.2) is 28.6 Å². The molecule has 1 atom stereocenters. The first-order valence-electron chi connectivity index (χ1n) is 4.99. The van der Waals surface area contributed by atoms with Crippen molar-refractivity contribution in [3.05, 3.63) is 28.4 Å². The van der Waals surface area contributed by atoms with Gasteiger partial charge in [-0.05, 0) is 19.9 Å². The maximum absolute atomic E-state index is 11.3. The normalized spacial score (nSPS) is 11.6. The molecule has 0 saturated carbocycles. The van der Waals surface area contributed by atoms with Gasteiger partial charge in [-0.25, -0.2) is 9.78 Å². The molecule has 1 rings (SSSR count). The molecule has 7 heteroatoms. The second kappa shape index (κ2) is 5.78. The van der Waals surface area contributed by atoms with Crippen LogP contribution < -0.4 is 4.74 Å². The highest BCUT2D eigenvalue weighted by molar-refractivity contribution is 5.74. The van der Waals surface area contributed by atoms with Gasteiger partial charge in [-0.2, -0.15) is 0 Å². The highest BCUT2D eigenvalue weighted by Crippen LogP contribution is 2.23. The lowest BCUT2D eigenvalue weighted by Crippen LogP contribution is -2.26. The van der Waals surface area contributed by atoms with Crippen LogP contribution in [0.5, 0.6) is 5.88 Å². The van der Waals surface area contributed by atoms with E-state index in [1.807, 2.05) is 0 Å². The van der Waals surface area contributed by atoms with Crippen LogP contribution in [0, 0.1) is 10.1 Å². The highest BCUT2D eigenvalue weighted by Gasteiger charge is 2.22. The zero-order chi connectivity index (χ0) is 12.8. The summed E-state index contributed by atoms with van der Waals surface area (Å²) in [7, 11) is 0. The van der Waals surface area contributed by atoms with Crippen molar-refractivity contribution < 1.29 is 19.2 Å². The summed E-state index contributed by atoms with van der Waals surface area (Å²) in [5, 5.41) is 10.7. The fraction of sp³-hybridized carbons (Fsp3) is 0.400. The number of carbonyl (C=O) groups excluding carboxylic acids is 1. The number of rotatable bonds is 5. The number of ether oxygens (including phenoxy) is 2. The molecule has 1 aromatic rings. The lowest BCUT2D eigenvalue weighted by Gasteiger charge is -2.11. The zero-order valence-corrected chi connectivity index (χ0v) is 9.45. The Morgan fingerprint density at radius 3 is 2.94 bits per heavy atom. The predicted molar refractivity (Wildman–Crippen MR) is 57.6 cm³/mol. The van der Waals surface area contributed by atoms with Crippen molar-refractivity contribution >= 4 is 11.7 Å². The summed E-state index contributed by atoms with van der Waals surface area (Å²) in [5.41, 5.74) is -0.288. The Morgan fingerprint density at radius 2 is 2.35 bits per heavy atom. The lowest BCUT2D eigenvalue weighted by molar-refractivity contribution is -0.386. The van der Waals surface area contributed by atoms with E-state index in [0.29, 0.717) is 0 Å². The molecule has 7 nitrogen and oxygen atoms in total. The van der Waals surface area contributed by atoms with Gasteiger partial charge in [-0.3, -0.25) is 10.1 Å². The molecule has 0 saturated heterocycles. The van der Waals surface area contributed by atoms with Gasteiger partial charge in [-0.15, -0.1) is 0 Å². The van der Waals surface area contributed by atoms with Gasteiger partial charge in [0, 0.05) is 12.3 Å². The van der Waals surface area contributed by atoms with Crippen molar-refractivity contribution in [1.82, 2.24) is 4.98 Å². The van der Waals surface area contributed by atoms with E-state index in [2.05, 4.69) is 4.98 Å². The summed E-state index contributed by atoms with van der Waals surface area (Å²) in [6.45, 7) is 3.32. The molecule has 17 heavy (non-hydrogen) atoms. The van der Waals surface area contributed by atoms with Crippen LogP contribution >= 0.6 is 0 Å². The number of nitro groups is 1. The number of carbonyl (C=O) groups is 1. The Hall–Kier alpha value is -2.18. The Kier molecular flexibility index (Phi) is 4.38. The van der Waals surface area contributed by atoms with Crippen LogP contribution in [0.25, 0.3) is 0 Å². The van der Waals surface area contributed by atoms with E-state index in [1.54, 1.807) is 6.92 Å². The van der Waals surface area contributed by atoms with Gasteiger partial charge >= 0.3 is 11.7 Å². The third-order valence-corrected chi connectivity index (χ3v) is 1.85. The molecule has 0 amide bonds. The second-order valence-electron chi connectivity index (χ2n) is 3.10. The first kappa shape index (κ1) is 12.9. The molecule has 0 aliphatic rings. The van der Waals surface area contributed by atoms with Crippen molar-refractivity contribution in [3.63, 3.8) is 0 Å². The van der Waals surface area contributed by atoms with Crippen molar-refractivity contribution in [3.8, 4) is 5.88 Å². The molecule has 0 radical (unpaired) electrons. The molecule has 0 unspecified atom stereocenters. The number of pyridine rings is 1. The van der Waals surface area contributed by atoms with E-state index in [-0.39, 0.29) is 18.2 Å². The summed E-state index contributed by atoms with van der Waals surface area (Å²) in [4.78, 5) is 25.0. The quantitative estimate of drug-likeness (QED) is 0.438. The highest BCUT2D eigenvalue weighted by atomic mass is 16.6. The Balaban J connectivity index is 2.81. The first-order chi connectivity index (χ1) is 8.06. The molecule has 92 valence electrons. The molecular weight excluding hydrogens is 228 g/mol. The van der Waals surface area contributed by atoms with Crippen molar-refractivity contribution in [1.29, 1.82) is 0 Å². The molecule has 0 spiro atoms. The molecular formula is C10H12N2O5. The van der Waals surface area contributed by atoms with Gasteiger partial charge in [0.1, 0.15) is 0 Å². The summed E-state index contributed by atoms with van der Waals surface area (Å²) < 4.78 is 9.81. The zero-order valence-electron chi connectivity index (χ0n) is 9.45. The van der Waals surface area contributed by atoms with E-state index in [1.165, 1.54) is 25.3 Å². The minimum Gasteiger partial charge on any atom is -0.463 e. The Bertz CT molecular complexity index is 421. The van der Waals surface area contributed by atoms with Crippen LogP contribution in [0.4, 0.5) is 5.69 Å². The van der Waals surface area contributed by atoms with Crippen molar-refractivity contribution in [2.45, 2.75) is 20.0 Å². The van der Waals surface area contributed by atoms with Crippen LogP contribution in [0.1, 0.15) is 13.8 Å². The smallest absolute Gasteiger partial charge is 0.347 e. The largest absolute Gasteiger partial charge is 0.463 e. The monoisotopic (exact) mass is 240 g/mol. The standard InChI is InChI=1S/C10H12N2O5/c1-3-16-10(13)7(2)17-9-8(12(14)15)5-4-6-11-9/h4-7H,3H2,1-2H3/t7-/m0/s1. The molecule has 0 aliphatic carbocycles. The maximum Gasteiger partial charge on any atom is 0.347 e. The third-order valence-electron chi connectivity index (χ3n) is 1.85. The summed E-state index contributed by atoms with van der Waals surface area (Å²) in [6, 6.07) is 2.67. The maximum atomic E-state index is 11.3. The van der Waals surface area contributed by atoms with Gasteiger partial charge in [0.05, 0.1) is 11.5 Å². The van der Waals surface area contributed by atoms with Crippen molar-refractivity contribution in [2.75, 3.05) is 6.61 Å². The number of hydrogen-bond acceptors (Lipinski definition) is 6. The number of aromatic nitrogens is 1. The van der Waals surface area contributed by atoms with E-state index in [0.717, 1.165) is 0 Å². The van der Waals surface area contributed by atoms with Gasteiger partial charge in [0.25, 0.3) is 5.88 Å². The average Bonchev–Trinajstić information content (AvgIpc) is 2.29. The fourth-order valence-electron chi connectivity index (χ4n) is 1.09. The predicted octanol–water partition coefficient (Wildman–Crippen LogP) is 1.32. The Morgan fingerprint density at radius 1 is 1.65 bits per heavy atom. The van der Waals surface area contributed by atoms with Gasteiger partial charge in [0.15, 0.2) is 6.10 Å². The average molecular weight is 240 g/mol. The molecule has 1 heterocycles. The van der Waals surface area contributed by atoms with Crippen molar-refractivity contribution in [2.24, 2.45) is 0 Å². The van der Waals surface area contributed by atoms with Gasteiger partial charge in [-0.1, -0.05) is 0 Å². The lowest BCUT2D eigenvalue weighted by atomic mass is 10.4. The van der Waals surface area contributed by atoms with Crippen LogP contribution in [0.15, 0.2) is 18.3 Å². The van der Waals surface area contributed by atoms with E-state index in [4.69, 9.17) is 9.47 Å². The molecule has 0 fully saturated rings. The summed E-state index contributed by atoms with van der Waals surface area (Å²) in [5.74, 6) is -0.787. The molecule has 0 aromatic carbocycles. The fourth-order valence-corrected chi connectivity index (χ4v) is 1.09.